The molecule has 0 radical (unpaired) electrons. The molecule has 0 aliphatic carbocycles. The van der Waals surface area contributed by atoms with Gasteiger partial charge in [0.25, 0.3) is 0 Å². The summed E-state index contributed by atoms with van der Waals surface area (Å²) in [5.41, 5.74) is 3.39. The first-order valence-corrected chi connectivity index (χ1v) is 7.29. The quantitative estimate of drug-likeness (QED) is 0.440. The number of hydrogen-bond donors (Lipinski definition) is 2. The summed E-state index contributed by atoms with van der Waals surface area (Å²) in [5, 5.41) is 6.57. The molecule has 0 saturated carbocycles. The zero-order chi connectivity index (χ0) is 15.8. The molecule has 0 aliphatic heterocycles. The predicted octanol–water partition coefficient (Wildman–Crippen LogP) is 2.63. The summed E-state index contributed by atoms with van der Waals surface area (Å²) in [6, 6.07) is 14.3. The zero-order valence-electron chi connectivity index (χ0n) is 13.8. The third kappa shape index (κ3) is 6.43. The molecule has 0 atom stereocenters. The molecule has 0 amide bonds. The van der Waals surface area contributed by atoms with E-state index in [-0.39, 0.29) is 24.0 Å². The molecule has 5 nitrogen and oxygen atoms in total. The third-order valence-electron chi connectivity index (χ3n) is 3.27. The van der Waals surface area contributed by atoms with Gasteiger partial charge >= 0.3 is 0 Å². The maximum atomic E-state index is 4.28. The summed E-state index contributed by atoms with van der Waals surface area (Å²) in [5.74, 6) is 0.765. The highest BCUT2D eigenvalue weighted by atomic mass is 127. The first-order valence-electron chi connectivity index (χ1n) is 7.29. The van der Waals surface area contributed by atoms with Crippen molar-refractivity contribution in [1.82, 2.24) is 15.6 Å². The standard InChI is InChI=1S/C17H23N5.HI/c1-18-17(21-13-15-8-4-5-10-19-15)20-12-14-7-6-9-16(11-14)22(2)3;/h4-11H,12-13H2,1-3H3,(H2,18,20,21);1H. The predicted molar refractivity (Wildman–Crippen MR) is 107 cm³/mol. The molecule has 1 heterocycles. The van der Waals surface area contributed by atoms with E-state index in [0.29, 0.717) is 6.54 Å². The molecular formula is C17H24IN5. The molecular weight excluding hydrogens is 401 g/mol. The largest absolute Gasteiger partial charge is 0.378 e. The summed E-state index contributed by atoms with van der Waals surface area (Å²) in [6.45, 7) is 1.38. The molecule has 0 bridgehead atoms. The number of rotatable bonds is 5. The summed E-state index contributed by atoms with van der Waals surface area (Å²) in [7, 11) is 5.85. The van der Waals surface area contributed by atoms with Crippen molar-refractivity contribution >= 4 is 35.6 Å². The van der Waals surface area contributed by atoms with Gasteiger partial charge in [0, 0.05) is 39.6 Å². The second kappa shape index (κ2) is 10.0. The SMILES string of the molecule is CN=C(NCc1cccc(N(C)C)c1)NCc1ccccn1.I. The van der Waals surface area contributed by atoms with Gasteiger partial charge in [0.1, 0.15) is 0 Å². The number of pyridine rings is 1. The zero-order valence-corrected chi connectivity index (χ0v) is 16.1. The van der Waals surface area contributed by atoms with Crippen molar-refractivity contribution in [2.45, 2.75) is 13.1 Å². The number of aromatic nitrogens is 1. The van der Waals surface area contributed by atoms with E-state index < -0.39 is 0 Å². The highest BCUT2D eigenvalue weighted by Crippen LogP contribution is 2.12. The first-order chi connectivity index (χ1) is 10.7. The van der Waals surface area contributed by atoms with E-state index in [1.54, 1.807) is 13.2 Å². The fourth-order valence-electron chi connectivity index (χ4n) is 2.03. The van der Waals surface area contributed by atoms with Gasteiger partial charge in [0.05, 0.1) is 12.2 Å². The normalized spacial score (nSPS) is 10.7. The maximum Gasteiger partial charge on any atom is 0.191 e. The first kappa shape index (κ1) is 19.2. The fraction of sp³-hybridized carbons (Fsp3) is 0.294. The number of aliphatic imine (C=N–C) groups is 1. The Labute approximate surface area is 155 Å². The Morgan fingerprint density at radius 1 is 1.09 bits per heavy atom. The number of guanidine groups is 1. The lowest BCUT2D eigenvalue weighted by Crippen LogP contribution is -2.36. The number of benzene rings is 1. The van der Waals surface area contributed by atoms with E-state index in [9.17, 15) is 0 Å². The van der Waals surface area contributed by atoms with Crippen LogP contribution in [0.5, 0.6) is 0 Å². The fourth-order valence-corrected chi connectivity index (χ4v) is 2.03. The molecule has 1 aromatic heterocycles. The highest BCUT2D eigenvalue weighted by molar-refractivity contribution is 14.0. The van der Waals surface area contributed by atoms with Gasteiger partial charge < -0.3 is 15.5 Å². The van der Waals surface area contributed by atoms with Crippen LogP contribution < -0.4 is 15.5 Å². The molecule has 124 valence electrons. The summed E-state index contributed by atoms with van der Waals surface area (Å²) in [6.07, 6.45) is 1.79. The van der Waals surface area contributed by atoms with Crippen molar-refractivity contribution in [2.75, 3.05) is 26.0 Å². The maximum absolute atomic E-state index is 4.28. The van der Waals surface area contributed by atoms with E-state index in [1.165, 1.54) is 11.3 Å². The second-order valence-electron chi connectivity index (χ2n) is 5.16. The van der Waals surface area contributed by atoms with Gasteiger partial charge in [-0.25, -0.2) is 0 Å². The molecule has 2 rings (SSSR count). The van der Waals surface area contributed by atoms with Gasteiger partial charge in [-0.3, -0.25) is 9.98 Å². The summed E-state index contributed by atoms with van der Waals surface area (Å²) in [4.78, 5) is 10.6. The minimum atomic E-state index is 0. The average molecular weight is 425 g/mol. The van der Waals surface area contributed by atoms with Crippen LogP contribution in [0.3, 0.4) is 0 Å². The Hall–Kier alpha value is -1.83. The molecule has 0 spiro atoms. The minimum absolute atomic E-state index is 0. The van der Waals surface area contributed by atoms with E-state index in [0.717, 1.165) is 18.2 Å². The topological polar surface area (TPSA) is 52.6 Å². The van der Waals surface area contributed by atoms with Gasteiger partial charge in [0.2, 0.25) is 0 Å². The van der Waals surface area contributed by atoms with Gasteiger partial charge in [-0.1, -0.05) is 18.2 Å². The summed E-state index contributed by atoms with van der Waals surface area (Å²) >= 11 is 0. The van der Waals surface area contributed by atoms with Crippen molar-refractivity contribution in [3.63, 3.8) is 0 Å². The van der Waals surface area contributed by atoms with E-state index in [4.69, 9.17) is 0 Å². The molecule has 0 aliphatic rings. The van der Waals surface area contributed by atoms with Crippen LogP contribution in [0.15, 0.2) is 53.7 Å². The van der Waals surface area contributed by atoms with Crippen molar-refractivity contribution in [3.05, 3.63) is 59.9 Å². The van der Waals surface area contributed by atoms with Crippen LogP contribution in [0.2, 0.25) is 0 Å². The van der Waals surface area contributed by atoms with E-state index in [2.05, 4.69) is 49.8 Å². The number of nitrogens with zero attached hydrogens (tertiary/aromatic N) is 3. The van der Waals surface area contributed by atoms with E-state index >= 15 is 0 Å². The van der Waals surface area contributed by atoms with Crippen molar-refractivity contribution in [2.24, 2.45) is 4.99 Å². The van der Waals surface area contributed by atoms with E-state index in [1.807, 2.05) is 32.3 Å². The molecule has 2 N–H and O–H groups in total. The third-order valence-corrected chi connectivity index (χ3v) is 3.27. The van der Waals surface area contributed by atoms with Gasteiger partial charge in [0.15, 0.2) is 5.96 Å². The lowest BCUT2D eigenvalue weighted by Gasteiger charge is -2.15. The molecule has 1 aromatic carbocycles. The van der Waals surface area contributed by atoms with Gasteiger partial charge in [-0.15, -0.1) is 24.0 Å². The monoisotopic (exact) mass is 425 g/mol. The van der Waals surface area contributed by atoms with Crippen molar-refractivity contribution in [3.8, 4) is 0 Å². The average Bonchev–Trinajstić information content (AvgIpc) is 2.56. The number of hydrogen-bond acceptors (Lipinski definition) is 3. The Morgan fingerprint density at radius 3 is 2.52 bits per heavy atom. The Balaban J connectivity index is 0.00000264. The lowest BCUT2D eigenvalue weighted by atomic mass is 10.2. The van der Waals surface area contributed by atoms with Gasteiger partial charge in [-0.2, -0.15) is 0 Å². The number of nitrogens with one attached hydrogen (secondary N) is 2. The molecule has 6 heteroatoms. The van der Waals surface area contributed by atoms with Crippen LogP contribution in [0.1, 0.15) is 11.3 Å². The lowest BCUT2D eigenvalue weighted by molar-refractivity contribution is 0.794. The van der Waals surface area contributed by atoms with Gasteiger partial charge in [-0.05, 0) is 29.8 Å². The Morgan fingerprint density at radius 2 is 1.87 bits per heavy atom. The Bertz CT molecular complexity index is 613. The molecule has 2 aromatic rings. The van der Waals surface area contributed by atoms with Crippen LogP contribution in [-0.2, 0) is 13.1 Å². The van der Waals surface area contributed by atoms with Crippen LogP contribution in [0.4, 0.5) is 5.69 Å². The van der Waals surface area contributed by atoms with Crippen LogP contribution >= 0.6 is 24.0 Å². The number of anilines is 1. The summed E-state index contributed by atoms with van der Waals surface area (Å²) < 4.78 is 0. The van der Waals surface area contributed by atoms with Crippen LogP contribution in [0.25, 0.3) is 0 Å². The Kier molecular flexibility index (Phi) is 8.39. The van der Waals surface area contributed by atoms with Crippen LogP contribution in [-0.4, -0.2) is 32.1 Å². The highest BCUT2D eigenvalue weighted by Gasteiger charge is 2.01. The second-order valence-corrected chi connectivity index (χ2v) is 5.16. The molecule has 0 fully saturated rings. The minimum Gasteiger partial charge on any atom is -0.378 e. The molecule has 0 unspecified atom stereocenters. The van der Waals surface area contributed by atoms with Crippen molar-refractivity contribution < 1.29 is 0 Å². The van der Waals surface area contributed by atoms with Crippen molar-refractivity contribution in [1.29, 1.82) is 0 Å². The molecule has 23 heavy (non-hydrogen) atoms. The molecule has 0 saturated heterocycles. The smallest absolute Gasteiger partial charge is 0.191 e. The van der Waals surface area contributed by atoms with Crippen LogP contribution in [0, 0.1) is 0 Å². The number of halogens is 1.